The Kier molecular flexibility index (Phi) is 71.7. The number of carbonyl (C=O) groups is 3. The number of ether oxygens (including phenoxy) is 4. The molecule has 2 atom stereocenters. The van der Waals surface area contributed by atoms with Crippen molar-refractivity contribution in [3.63, 3.8) is 0 Å². The number of carboxylic acid groups (broad SMARTS) is 1. The lowest BCUT2D eigenvalue weighted by Crippen LogP contribution is -2.40. The summed E-state index contributed by atoms with van der Waals surface area (Å²) in [7, 11) is 6.00. The lowest BCUT2D eigenvalue weighted by Gasteiger charge is -2.25. The van der Waals surface area contributed by atoms with E-state index in [0.29, 0.717) is 17.4 Å². The largest absolute Gasteiger partial charge is 0.477 e. The number of nitrogens with zero attached hydrogens (tertiary/aromatic N) is 1. The van der Waals surface area contributed by atoms with Crippen LogP contribution in [0, 0.1) is 0 Å². The van der Waals surface area contributed by atoms with Crippen LogP contribution in [-0.2, 0) is 33.3 Å². The Labute approximate surface area is 562 Å². The predicted octanol–water partition coefficient (Wildman–Crippen LogP) is 25.8. The van der Waals surface area contributed by atoms with E-state index in [4.69, 9.17) is 18.9 Å². The maximum absolute atomic E-state index is 13.0. The highest BCUT2D eigenvalue weighted by molar-refractivity contribution is 5.71. The summed E-state index contributed by atoms with van der Waals surface area (Å²) in [5.74, 6) is -1.96. The van der Waals surface area contributed by atoms with E-state index < -0.39 is 18.4 Å². The van der Waals surface area contributed by atoms with Crippen LogP contribution < -0.4 is 0 Å². The van der Waals surface area contributed by atoms with E-state index in [-0.39, 0.29) is 38.2 Å². The van der Waals surface area contributed by atoms with Gasteiger partial charge in [0.1, 0.15) is 13.2 Å². The first kappa shape index (κ1) is 88.3. The second-order valence-corrected chi connectivity index (χ2v) is 29.5. The van der Waals surface area contributed by atoms with Crippen molar-refractivity contribution in [2.75, 3.05) is 47.5 Å². The highest BCUT2D eigenvalue weighted by atomic mass is 16.7. The molecule has 0 aromatic heterocycles. The van der Waals surface area contributed by atoms with Crippen LogP contribution in [0.4, 0.5) is 0 Å². The van der Waals surface area contributed by atoms with Gasteiger partial charge in [-0.2, -0.15) is 0 Å². The molecule has 90 heavy (non-hydrogen) atoms. The molecular weight excluding hydrogens is 1110 g/mol. The van der Waals surface area contributed by atoms with Crippen LogP contribution in [0.1, 0.15) is 444 Å². The number of likely N-dealkylation sites (N-methyl/N-ethyl adjacent to an activating group) is 1. The molecule has 0 saturated heterocycles. The second kappa shape index (κ2) is 73.1. The average Bonchev–Trinajstić information content (AvgIpc) is 3.65. The third-order valence-electron chi connectivity index (χ3n) is 19.1. The molecule has 0 aliphatic heterocycles. The average molecular weight is 1280 g/mol. The van der Waals surface area contributed by atoms with Gasteiger partial charge in [-0.15, -0.1) is 0 Å². The molecule has 0 amide bonds. The Morgan fingerprint density at radius 2 is 0.500 bits per heavy atom. The molecule has 0 rings (SSSR count). The first-order valence-electron chi connectivity index (χ1n) is 40.7. The van der Waals surface area contributed by atoms with Gasteiger partial charge >= 0.3 is 17.9 Å². The zero-order valence-corrected chi connectivity index (χ0v) is 61.6. The van der Waals surface area contributed by atoms with E-state index in [1.54, 1.807) is 0 Å². The molecule has 0 bridgehead atoms. The molecule has 0 aromatic carbocycles. The number of carbonyl (C=O) groups excluding carboxylic acids is 2. The first-order valence-corrected chi connectivity index (χ1v) is 40.7. The smallest absolute Gasteiger partial charge is 0.361 e. The van der Waals surface area contributed by atoms with Gasteiger partial charge < -0.3 is 28.5 Å². The van der Waals surface area contributed by atoms with Gasteiger partial charge in [-0.05, 0) is 12.8 Å². The predicted molar refractivity (Wildman–Crippen MR) is 388 cm³/mol. The van der Waals surface area contributed by atoms with Crippen molar-refractivity contribution in [3.8, 4) is 0 Å². The van der Waals surface area contributed by atoms with Gasteiger partial charge in [0.05, 0.1) is 34.4 Å². The summed E-state index contributed by atoms with van der Waals surface area (Å²) in [6, 6.07) is 0. The molecule has 2 unspecified atom stereocenters. The van der Waals surface area contributed by atoms with Gasteiger partial charge in [0.15, 0.2) is 6.10 Å². The van der Waals surface area contributed by atoms with Gasteiger partial charge in [0, 0.05) is 12.8 Å². The molecule has 0 saturated carbocycles. The highest BCUT2D eigenvalue weighted by Crippen LogP contribution is 2.21. The summed E-state index contributed by atoms with van der Waals surface area (Å²) in [5.41, 5.74) is 0. The molecule has 0 fully saturated rings. The second-order valence-electron chi connectivity index (χ2n) is 29.5. The quantitative estimate of drug-likeness (QED) is 0.0278. The third kappa shape index (κ3) is 73.7. The van der Waals surface area contributed by atoms with Crippen molar-refractivity contribution < 1.29 is 42.9 Å². The summed E-state index contributed by atoms with van der Waals surface area (Å²) in [5, 5.41) is 9.77. The van der Waals surface area contributed by atoms with E-state index in [2.05, 4.69) is 13.8 Å². The minimum Gasteiger partial charge on any atom is -0.477 e. The van der Waals surface area contributed by atoms with Gasteiger partial charge in [0.2, 0.25) is 0 Å². The highest BCUT2D eigenvalue weighted by Gasteiger charge is 2.25. The Balaban J connectivity index is 3.91. The fourth-order valence-electron chi connectivity index (χ4n) is 12.9. The number of unbranched alkanes of at least 4 members (excludes halogenated alkanes) is 63. The van der Waals surface area contributed by atoms with Crippen molar-refractivity contribution in [1.82, 2.24) is 0 Å². The van der Waals surface area contributed by atoms with Crippen LogP contribution in [0.15, 0.2) is 0 Å². The Bertz CT molecular complexity index is 1440. The summed E-state index contributed by atoms with van der Waals surface area (Å²) >= 11 is 0. The molecule has 0 heterocycles. The third-order valence-corrected chi connectivity index (χ3v) is 19.1. The van der Waals surface area contributed by atoms with E-state index in [0.717, 1.165) is 38.5 Å². The maximum Gasteiger partial charge on any atom is 0.361 e. The standard InChI is InChI=1S/C81H159NO8/c1-6-8-10-12-14-16-18-20-22-24-26-28-30-32-34-35-36-37-38-39-40-41-42-43-44-45-46-48-50-52-54-56-58-60-62-64-66-68-70-72-79(84)90-77(76-89-81(80(85)86)87-74-73-82(3,4)5)75-88-78(83)71-69-67-65-63-61-59-57-55-53-51-49-47-33-31-29-27-25-23-21-19-17-15-13-11-9-7-2/h77,81H,6-76H2,1-5H3/p+1. The number of hydrogen-bond acceptors (Lipinski definition) is 7. The Hall–Kier alpha value is -1.71. The number of aliphatic carboxylic acids is 1. The number of quaternary nitrogens is 1. The Morgan fingerprint density at radius 1 is 0.289 bits per heavy atom. The van der Waals surface area contributed by atoms with Crippen molar-refractivity contribution in [3.05, 3.63) is 0 Å². The Morgan fingerprint density at radius 3 is 0.711 bits per heavy atom. The number of esters is 2. The van der Waals surface area contributed by atoms with Crippen LogP contribution in [-0.4, -0.2) is 87.4 Å². The molecule has 536 valence electrons. The molecule has 0 aromatic rings. The lowest BCUT2D eigenvalue weighted by atomic mass is 10.0. The molecular formula is C81H160NO8+. The molecule has 9 heteroatoms. The number of carboxylic acids is 1. The SMILES string of the molecule is CCCCCCCCCCCCCCCCCCCCCCCCCCCCCCCCCCCCCCCCCC(=O)OC(COC(=O)CCCCCCCCCCCCCCCCCCCCCCCCCCCC)COC(OCC[N+](C)(C)C)C(=O)O. The van der Waals surface area contributed by atoms with E-state index >= 15 is 0 Å². The van der Waals surface area contributed by atoms with Gasteiger partial charge in [-0.3, -0.25) is 9.59 Å². The zero-order chi connectivity index (χ0) is 65.4. The van der Waals surface area contributed by atoms with Crippen LogP contribution in [0.2, 0.25) is 0 Å². The molecule has 0 radical (unpaired) electrons. The topological polar surface area (TPSA) is 108 Å². The van der Waals surface area contributed by atoms with Gasteiger partial charge in [-0.1, -0.05) is 418 Å². The van der Waals surface area contributed by atoms with E-state index in [1.807, 2.05) is 21.1 Å². The summed E-state index contributed by atoms with van der Waals surface area (Å²) in [4.78, 5) is 37.7. The zero-order valence-electron chi connectivity index (χ0n) is 61.6. The van der Waals surface area contributed by atoms with Crippen LogP contribution >= 0.6 is 0 Å². The fraction of sp³-hybridized carbons (Fsp3) is 0.963. The summed E-state index contributed by atoms with van der Waals surface area (Å²) in [6.07, 6.45) is 87.1. The molecule has 9 nitrogen and oxygen atoms in total. The van der Waals surface area contributed by atoms with E-state index in [1.165, 1.54) is 379 Å². The van der Waals surface area contributed by atoms with Crippen LogP contribution in [0.25, 0.3) is 0 Å². The van der Waals surface area contributed by atoms with Crippen LogP contribution in [0.5, 0.6) is 0 Å². The minimum absolute atomic E-state index is 0.172. The van der Waals surface area contributed by atoms with Crippen molar-refractivity contribution in [1.29, 1.82) is 0 Å². The monoisotopic (exact) mass is 1280 g/mol. The van der Waals surface area contributed by atoms with E-state index in [9.17, 15) is 19.5 Å². The maximum atomic E-state index is 13.0. The van der Waals surface area contributed by atoms with Crippen molar-refractivity contribution in [2.24, 2.45) is 0 Å². The normalized spacial score (nSPS) is 12.5. The first-order chi connectivity index (χ1) is 44.1. The minimum atomic E-state index is -1.51. The van der Waals surface area contributed by atoms with Gasteiger partial charge in [0.25, 0.3) is 6.29 Å². The summed E-state index contributed by atoms with van der Waals surface area (Å²) < 4.78 is 23.1. The van der Waals surface area contributed by atoms with Crippen molar-refractivity contribution in [2.45, 2.75) is 456 Å². The van der Waals surface area contributed by atoms with Crippen LogP contribution in [0.3, 0.4) is 0 Å². The lowest BCUT2D eigenvalue weighted by molar-refractivity contribution is -0.870. The number of hydrogen-bond donors (Lipinski definition) is 1. The molecule has 0 aliphatic rings. The molecule has 1 N–H and O–H groups in total. The molecule has 0 aliphatic carbocycles. The molecule has 0 spiro atoms. The van der Waals surface area contributed by atoms with Crippen molar-refractivity contribution >= 4 is 17.9 Å². The number of rotatable bonds is 78. The summed E-state index contributed by atoms with van der Waals surface area (Å²) in [6.45, 7) is 4.99. The van der Waals surface area contributed by atoms with Gasteiger partial charge in [-0.25, -0.2) is 4.79 Å². The fourth-order valence-corrected chi connectivity index (χ4v) is 12.9.